The van der Waals surface area contributed by atoms with Gasteiger partial charge in [0, 0.05) is 31.0 Å². The van der Waals surface area contributed by atoms with Crippen molar-refractivity contribution in [2.75, 3.05) is 19.6 Å². The van der Waals surface area contributed by atoms with Gasteiger partial charge >= 0.3 is 6.18 Å². The third-order valence-corrected chi connectivity index (χ3v) is 6.93. The minimum absolute atomic E-state index is 0.0713. The number of piperazine rings is 1. The first-order valence-corrected chi connectivity index (χ1v) is 12.0. The molecule has 2 aliphatic rings. The van der Waals surface area contributed by atoms with Crippen LogP contribution in [0.4, 0.5) is 13.2 Å². The van der Waals surface area contributed by atoms with Crippen LogP contribution in [0.2, 0.25) is 0 Å². The Labute approximate surface area is 215 Å². The van der Waals surface area contributed by atoms with Crippen LogP contribution in [-0.4, -0.2) is 61.0 Å². The summed E-state index contributed by atoms with van der Waals surface area (Å²) in [4.78, 5) is 37.5. The van der Waals surface area contributed by atoms with Gasteiger partial charge in [0.1, 0.15) is 12.2 Å². The van der Waals surface area contributed by atoms with Crippen molar-refractivity contribution in [2.45, 2.75) is 18.6 Å². The average Bonchev–Trinajstić information content (AvgIpc) is 3.38. The highest BCUT2D eigenvalue weighted by molar-refractivity contribution is 5.97. The Hall–Kier alpha value is -4.54. The summed E-state index contributed by atoms with van der Waals surface area (Å²) in [6.07, 6.45) is 0.391. The average molecular weight is 518 g/mol. The summed E-state index contributed by atoms with van der Waals surface area (Å²) in [5.41, 5.74) is 2.63. The fourth-order valence-electron chi connectivity index (χ4n) is 5.08. The number of carbonyl (C=O) groups is 2. The maximum atomic E-state index is 13.6. The largest absolute Gasteiger partial charge is 0.433 e. The number of benzene rings is 1. The zero-order chi connectivity index (χ0) is 26.4. The van der Waals surface area contributed by atoms with Gasteiger partial charge < -0.3 is 9.80 Å². The topological polar surface area (TPSA) is 84.2 Å². The molecule has 1 saturated heterocycles. The van der Waals surface area contributed by atoms with Gasteiger partial charge in [-0.25, -0.2) is 9.67 Å². The van der Waals surface area contributed by atoms with Gasteiger partial charge in [-0.05, 0) is 47.9 Å². The minimum Gasteiger partial charge on any atom is -0.332 e. The van der Waals surface area contributed by atoms with Crippen molar-refractivity contribution >= 4 is 11.8 Å². The number of aromatic nitrogens is 4. The van der Waals surface area contributed by atoms with Crippen molar-refractivity contribution in [3.63, 3.8) is 0 Å². The summed E-state index contributed by atoms with van der Waals surface area (Å²) in [5, 5.41) is 4.46. The summed E-state index contributed by atoms with van der Waals surface area (Å²) in [6, 6.07) is 14.8. The first kappa shape index (κ1) is 23.8. The second-order valence-electron chi connectivity index (χ2n) is 9.20. The lowest BCUT2D eigenvalue weighted by Crippen LogP contribution is -2.55. The van der Waals surface area contributed by atoms with Crippen molar-refractivity contribution in [1.29, 1.82) is 0 Å². The van der Waals surface area contributed by atoms with E-state index in [0.717, 1.165) is 29.8 Å². The van der Waals surface area contributed by atoms with Crippen molar-refractivity contribution < 1.29 is 22.8 Å². The predicted octanol–water partition coefficient (Wildman–Crippen LogP) is 3.93. The highest BCUT2D eigenvalue weighted by Crippen LogP contribution is 2.34. The van der Waals surface area contributed by atoms with E-state index in [4.69, 9.17) is 0 Å². The fraction of sp³-hybridized carbons (Fsp3) is 0.222. The summed E-state index contributed by atoms with van der Waals surface area (Å²) in [6.45, 7) is 0.849. The molecule has 1 atom stereocenters. The molecule has 4 aromatic rings. The Bertz CT molecular complexity index is 1520. The maximum Gasteiger partial charge on any atom is 0.433 e. The first-order valence-electron chi connectivity index (χ1n) is 12.0. The van der Waals surface area contributed by atoms with E-state index in [2.05, 4.69) is 15.1 Å². The van der Waals surface area contributed by atoms with Gasteiger partial charge in [0.25, 0.3) is 5.91 Å². The van der Waals surface area contributed by atoms with Crippen molar-refractivity contribution in [3.8, 4) is 16.9 Å². The van der Waals surface area contributed by atoms with Gasteiger partial charge in [-0.1, -0.05) is 24.3 Å². The van der Waals surface area contributed by atoms with Crippen LogP contribution in [0.25, 0.3) is 16.9 Å². The first-order chi connectivity index (χ1) is 18.3. The molecule has 0 N–H and O–H groups in total. The highest BCUT2D eigenvalue weighted by Gasteiger charge is 2.39. The van der Waals surface area contributed by atoms with Crippen LogP contribution in [0.3, 0.4) is 0 Å². The highest BCUT2D eigenvalue weighted by atomic mass is 19.4. The number of pyridine rings is 2. The molecule has 1 aromatic carbocycles. The fourth-order valence-corrected chi connectivity index (χ4v) is 5.08. The van der Waals surface area contributed by atoms with E-state index >= 15 is 0 Å². The Balaban J connectivity index is 1.36. The molecule has 2 amide bonds. The molecule has 38 heavy (non-hydrogen) atoms. The predicted molar refractivity (Wildman–Crippen MR) is 130 cm³/mol. The molecule has 0 aliphatic carbocycles. The second-order valence-corrected chi connectivity index (χ2v) is 9.20. The third-order valence-electron chi connectivity index (χ3n) is 6.93. The molecule has 11 heteroatoms. The number of rotatable bonds is 3. The molecule has 192 valence electrons. The molecule has 5 heterocycles. The van der Waals surface area contributed by atoms with Crippen LogP contribution in [0.1, 0.15) is 33.4 Å². The van der Waals surface area contributed by atoms with Crippen LogP contribution in [0, 0.1) is 0 Å². The lowest BCUT2D eigenvalue weighted by atomic mass is 9.90. The SMILES string of the molecule is O=C(c1cc(-c2ccncc2)n(-c2ccc(C(F)(F)F)nc2)n1)N1CC(=O)N2CCc3ccccc3C2C1. The zero-order valence-corrected chi connectivity index (χ0v) is 20.0. The van der Waals surface area contributed by atoms with Crippen LogP contribution < -0.4 is 0 Å². The monoisotopic (exact) mass is 518 g/mol. The van der Waals surface area contributed by atoms with E-state index in [1.165, 1.54) is 15.6 Å². The van der Waals surface area contributed by atoms with Crippen LogP contribution in [0.15, 0.2) is 73.2 Å². The van der Waals surface area contributed by atoms with Gasteiger partial charge in [-0.15, -0.1) is 0 Å². The summed E-state index contributed by atoms with van der Waals surface area (Å²) in [7, 11) is 0. The maximum absolute atomic E-state index is 13.6. The third kappa shape index (κ3) is 4.19. The number of hydrogen-bond donors (Lipinski definition) is 0. The van der Waals surface area contributed by atoms with E-state index in [-0.39, 0.29) is 29.9 Å². The second kappa shape index (κ2) is 9.09. The standard InChI is InChI=1S/C27H21F3N6O2/c28-27(29,30)24-6-5-19(14-32-24)36-22(18-7-10-31-11-8-18)13-21(33-36)26(38)34-15-23-20-4-2-1-3-17(20)9-12-35(23)25(37)16-34/h1-8,10-11,13-14,23H,9,12,15-16H2. The molecule has 0 spiro atoms. The molecule has 6 rings (SSSR count). The van der Waals surface area contributed by atoms with Crippen LogP contribution in [0.5, 0.6) is 0 Å². The Morgan fingerprint density at radius 1 is 1.03 bits per heavy atom. The number of halogens is 3. The molecule has 1 fully saturated rings. The minimum atomic E-state index is -4.58. The molecule has 2 aliphatic heterocycles. The van der Waals surface area contributed by atoms with E-state index in [0.29, 0.717) is 24.3 Å². The lowest BCUT2D eigenvalue weighted by Gasteiger charge is -2.44. The number of alkyl halides is 3. The molecule has 3 aromatic heterocycles. The van der Waals surface area contributed by atoms with Gasteiger partial charge in [0.2, 0.25) is 5.91 Å². The lowest BCUT2D eigenvalue weighted by molar-refractivity contribution is -0.141. The van der Waals surface area contributed by atoms with Crippen molar-refractivity contribution in [2.24, 2.45) is 0 Å². The Morgan fingerprint density at radius 3 is 2.55 bits per heavy atom. The van der Waals surface area contributed by atoms with E-state index in [1.807, 2.05) is 29.2 Å². The van der Waals surface area contributed by atoms with E-state index in [9.17, 15) is 22.8 Å². The van der Waals surface area contributed by atoms with Crippen molar-refractivity contribution in [3.05, 3.63) is 95.7 Å². The van der Waals surface area contributed by atoms with E-state index in [1.54, 1.807) is 30.6 Å². The number of fused-ring (bicyclic) bond motifs is 3. The summed E-state index contributed by atoms with van der Waals surface area (Å²) >= 11 is 0. The summed E-state index contributed by atoms with van der Waals surface area (Å²) in [5.74, 6) is -0.570. The van der Waals surface area contributed by atoms with Gasteiger partial charge in [0.15, 0.2) is 5.69 Å². The molecule has 0 radical (unpaired) electrons. The number of hydrogen-bond acceptors (Lipinski definition) is 5. The van der Waals surface area contributed by atoms with Gasteiger partial charge in [0.05, 0.1) is 23.6 Å². The molecular formula is C27H21F3N6O2. The van der Waals surface area contributed by atoms with Gasteiger partial charge in [-0.3, -0.25) is 14.6 Å². The Morgan fingerprint density at radius 2 is 1.82 bits per heavy atom. The van der Waals surface area contributed by atoms with Crippen LogP contribution >= 0.6 is 0 Å². The molecule has 0 bridgehead atoms. The number of amides is 2. The smallest absolute Gasteiger partial charge is 0.332 e. The molecular weight excluding hydrogens is 497 g/mol. The number of carbonyl (C=O) groups excluding carboxylic acids is 2. The Kier molecular flexibility index (Phi) is 5.70. The normalized spacial score (nSPS) is 17.2. The van der Waals surface area contributed by atoms with Crippen molar-refractivity contribution in [1.82, 2.24) is 29.5 Å². The molecule has 1 unspecified atom stereocenters. The molecule has 0 saturated carbocycles. The number of nitrogens with zero attached hydrogens (tertiary/aromatic N) is 6. The quantitative estimate of drug-likeness (QED) is 0.411. The zero-order valence-electron chi connectivity index (χ0n) is 20.0. The van der Waals surface area contributed by atoms with Gasteiger partial charge in [-0.2, -0.15) is 18.3 Å². The molecule has 8 nitrogen and oxygen atoms in total. The summed E-state index contributed by atoms with van der Waals surface area (Å²) < 4.78 is 40.5. The van der Waals surface area contributed by atoms with Crippen LogP contribution in [-0.2, 0) is 17.4 Å². The van der Waals surface area contributed by atoms with E-state index < -0.39 is 17.8 Å².